The summed E-state index contributed by atoms with van der Waals surface area (Å²) in [5.74, 6) is 0.690. The molecule has 0 radical (unpaired) electrons. The summed E-state index contributed by atoms with van der Waals surface area (Å²) in [5, 5.41) is 10.1. The van der Waals surface area contributed by atoms with Crippen LogP contribution in [0.4, 0.5) is 13.2 Å². The smallest absolute Gasteiger partial charge is 0.416 e. The molecule has 2 fully saturated rings. The first-order chi connectivity index (χ1) is 11.4. The van der Waals surface area contributed by atoms with Crippen LogP contribution < -0.4 is 4.74 Å². The van der Waals surface area contributed by atoms with Crippen LogP contribution in [0.25, 0.3) is 0 Å². The first kappa shape index (κ1) is 17.3. The van der Waals surface area contributed by atoms with Crippen molar-refractivity contribution < 1.29 is 27.8 Å². The van der Waals surface area contributed by atoms with Crippen molar-refractivity contribution in [2.24, 2.45) is 11.8 Å². The van der Waals surface area contributed by atoms with Gasteiger partial charge in [0.1, 0.15) is 5.75 Å². The maximum absolute atomic E-state index is 12.6. The monoisotopic (exact) mass is 342 g/mol. The summed E-state index contributed by atoms with van der Waals surface area (Å²) in [6, 6.07) is 4.88. The van der Waals surface area contributed by atoms with E-state index in [1.165, 1.54) is 12.1 Å². The molecule has 0 bridgehead atoms. The summed E-state index contributed by atoms with van der Waals surface area (Å²) < 4.78 is 48.9. The van der Waals surface area contributed by atoms with Crippen LogP contribution in [0.15, 0.2) is 36.4 Å². The molecular weight excluding hydrogens is 321 g/mol. The number of hydrogen-bond donors (Lipinski definition) is 1. The molecule has 1 heterocycles. The van der Waals surface area contributed by atoms with Gasteiger partial charge in [0, 0.05) is 18.9 Å². The van der Waals surface area contributed by atoms with Crippen LogP contribution in [0, 0.1) is 11.8 Å². The highest BCUT2D eigenvalue weighted by Gasteiger charge is 2.44. The molecule has 1 aliphatic heterocycles. The summed E-state index contributed by atoms with van der Waals surface area (Å²) in [7, 11) is 0. The topological polar surface area (TPSA) is 38.7 Å². The molecule has 3 nitrogen and oxygen atoms in total. The fourth-order valence-corrected chi connectivity index (χ4v) is 3.56. The number of alkyl halides is 3. The van der Waals surface area contributed by atoms with Crippen molar-refractivity contribution in [3.8, 4) is 5.75 Å². The van der Waals surface area contributed by atoms with Crippen molar-refractivity contribution >= 4 is 0 Å². The van der Waals surface area contributed by atoms with Gasteiger partial charge in [-0.05, 0) is 37.0 Å². The summed E-state index contributed by atoms with van der Waals surface area (Å²) in [6.07, 6.45) is 1.59. The lowest BCUT2D eigenvalue weighted by Gasteiger charge is -2.15. The van der Waals surface area contributed by atoms with E-state index in [-0.39, 0.29) is 23.9 Å². The average molecular weight is 342 g/mol. The summed E-state index contributed by atoms with van der Waals surface area (Å²) >= 11 is 0. The van der Waals surface area contributed by atoms with Crippen LogP contribution in [0.3, 0.4) is 0 Å². The van der Waals surface area contributed by atoms with E-state index in [4.69, 9.17) is 9.47 Å². The number of halogens is 3. The Morgan fingerprint density at radius 3 is 2.96 bits per heavy atom. The quantitative estimate of drug-likeness (QED) is 0.653. The lowest BCUT2D eigenvalue weighted by Crippen LogP contribution is -2.17. The largest absolute Gasteiger partial charge is 0.493 e. The number of ether oxygens (including phenoxy) is 2. The molecule has 0 aromatic heterocycles. The van der Waals surface area contributed by atoms with Gasteiger partial charge in [0.2, 0.25) is 0 Å². The molecule has 1 unspecified atom stereocenters. The molecule has 1 saturated heterocycles. The molecule has 0 spiro atoms. The Balaban J connectivity index is 1.47. The number of aliphatic hydroxyl groups is 1. The van der Waals surface area contributed by atoms with E-state index >= 15 is 0 Å². The average Bonchev–Trinajstić information content (AvgIpc) is 3.08. The predicted octanol–water partition coefficient (Wildman–Crippen LogP) is 3.82. The van der Waals surface area contributed by atoms with Crippen molar-refractivity contribution in [3.63, 3.8) is 0 Å². The molecule has 1 aliphatic carbocycles. The summed E-state index contributed by atoms with van der Waals surface area (Å²) in [6.45, 7) is 1.05. The maximum Gasteiger partial charge on any atom is 0.416 e. The molecule has 4 atom stereocenters. The van der Waals surface area contributed by atoms with Crippen LogP contribution in [0.5, 0.6) is 5.75 Å². The molecule has 1 aromatic rings. The third kappa shape index (κ3) is 3.92. The number of rotatable bonds is 5. The molecule has 2 aliphatic rings. The minimum Gasteiger partial charge on any atom is -0.493 e. The number of fused-ring (bicyclic) bond motifs is 1. The third-order valence-electron chi connectivity index (χ3n) is 4.75. The van der Waals surface area contributed by atoms with E-state index in [1.54, 1.807) is 0 Å². The van der Waals surface area contributed by atoms with Crippen LogP contribution in [0.2, 0.25) is 0 Å². The van der Waals surface area contributed by atoms with Crippen molar-refractivity contribution in [2.45, 2.75) is 37.6 Å². The lowest BCUT2D eigenvalue weighted by atomic mass is 9.92. The third-order valence-corrected chi connectivity index (χ3v) is 4.75. The highest BCUT2D eigenvalue weighted by Crippen LogP contribution is 2.41. The van der Waals surface area contributed by atoms with E-state index in [9.17, 15) is 18.3 Å². The second kappa shape index (κ2) is 7.15. The molecule has 24 heavy (non-hydrogen) atoms. The molecule has 1 saturated carbocycles. The Kier molecular flexibility index (Phi) is 5.15. The van der Waals surface area contributed by atoms with E-state index in [1.807, 2.05) is 12.2 Å². The van der Waals surface area contributed by atoms with Crippen LogP contribution in [0.1, 0.15) is 24.8 Å². The Labute approximate surface area is 139 Å². The van der Waals surface area contributed by atoms with Gasteiger partial charge in [0.05, 0.1) is 24.4 Å². The molecule has 1 N–H and O–H groups in total. The van der Waals surface area contributed by atoms with Crippen molar-refractivity contribution in [2.75, 3.05) is 13.2 Å². The Morgan fingerprint density at radius 1 is 1.33 bits per heavy atom. The standard InChI is InChI=1S/C18H21F3O3/c19-18(20,21)12-4-3-5-13(10-12)23-8-2-1-6-14-15-7-9-24-17(15)11-16(14)22/h1,3-6,10,14-17,22H,2,7-9,11H2/b6-1+/t14-,15-,16?,17-/m1/s1. The second-order valence-electron chi connectivity index (χ2n) is 6.33. The molecule has 6 heteroatoms. The maximum atomic E-state index is 12.6. The van der Waals surface area contributed by atoms with Gasteiger partial charge in [0.15, 0.2) is 0 Å². The van der Waals surface area contributed by atoms with Gasteiger partial charge in [-0.3, -0.25) is 0 Å². The van der Waals surface area contributed by atoms with Gasteiger partial charge >= 0.3 is 6.18 Å². The van der Waals surface area contributed by atoms with E-state index < -0.39 is 11.7 Å². The summed E-state index contributed by atoms with van der Waals surface area (Å²) in [5.41, 5.74) is -0.711. The Bertz CT molecular complexity index is 585. The molecule has 1 aromatic carbocycles. The molecule has 132 valence electrons. The zero-order chi connectivity index (χ0) is 17.2. The van der Waals surface area contributed by atoms with Crippen LogP contribution >= 0.6 is 0 Å². The minimum absolute atomic E-state index is 0.103. The molecule has 0 amide bonds. The normalized spacial score (nSPS) is 30.0. The highest BCUT2D eigenvalue weighted by molar-refractivity contribution is 5.30. The van der Waals surface area contributed by atoms with Crippen LogP contribution in [-0.2, 0) is 10.9 Å². The fraction of sp³-hybridized carbons (Fsp3) is 0.556. The first-order valence-electron chi connectivity index (χ1n) is 8.21. The van der Waals surface area contributed by atoms with Gasteiger partial charge in [0.25, 0.3) is 0 Å². The Hall–Kier alpha value is -1.53. The van der Waals surface area contributed by atoms with Gasteiger partial charge in [-0.25, -0.2) is 0 Å². The zero-order valence-electron chi connectivity index (χ0n) is 13.2. The summed E-state index contributed by atoms with van der Waals surface area (Å²) in [4.78, 5) is 0. The molecule has 3 rings (SSSR count). The number of hydrogen-bond acceptors (Lipinski definition) is 3. The van der Waals surface area contributed by atoms with E-state index in [0.717, 1.165) is 25.2 Å². The van der Waals surface area contributed by atoms with E-state index in [2.05, 4.69) is 0 Å². The first-order valence-corrected chi connectivity index (χ1v) is 8.21. The number of benzene rings is 1. The number of aliphatic hydroxyl groups excluding tert-OH is 1. The van der Waals surface area contributed by atoms with Crippen LogP contribution in [-0.4, -0.2) is 30.5 Å². The highest BCUT2D eigenvalue weighted by atomic mass is 19.4. The lowest BCUT2D eigenvalue weighted by molar-refractivity contribution is -0.137. The zero-order valence-corrected chi connectivity index (χ0v) is 13.2. The van der Waals surface area contributed by atoms with E-state index in [0.29, 0.717) is 25.4 Å². The predicted molar refractivity (Wildman–Crippen MR) is 82.7 cm³/mol. The van der Waals surface area contributed by atoms with Crippen molar-refractivity contribution in [1.82, 2.24) is 0 Å². The van der Waals surface area contributed by atoms with Gasteiger partial charge in [-0.15, -0.1) is 0 Å². The van der Waals surface area contributed by atoms with Gasteiger partial charge in [-0.1, -0.05) is 18.2 Å². The Morgan fingerprint density at radius 2 is 2.17 bits per heavy atom. The molecular formula is C18H21F3O3. The van der Waals surface area contributed by atoms with Crippen molar-refractivity contribution in [3.05, 3.63) is 42.0 Å². The van der Waals surface area contributed by atoms with Crippen molar-refractivity contribution in [1.29, 1.82) is 0 Å². The SMILES string of the molecule is OC1C[C@H]2OCC[C@@H]2[C@H]1/C=C/CCOc1cccc(C(F)(F)F)c1. The van der Waals surface area contributed by atoms with Gasteiger partial charge < -0.3 is 14.6 Å². The second-order valence-corrected chi connectivity index (χ2v) is 6.33. The fourth-order valence-electron chi connectivity index (χ4n) is 3.56. The minimum atomic E-state index is -4.36. The van der Waals surface area contributed by atoms with Gasteiger partial charge in [-0.2, -0.15) is 13.2 Å².